The van der Waals surface area contributed by atoms with Crippen molar-refractivity contribution in [2.75, 3.05) is 52.9 Å². The van der Waals surface area contributed by atoms with Crippen LogP contribution >= 0.6 is 0 Å². The van der Waals surface area contributed by atoms with Crippen molar-refractivity contribution in [3.8, 4) is 0 Å². The number of amides is 1. The molecule has 0 aliphatic carbocycles. The van der Waals surface area contributed by atoms with E-state index in [1.165, 1.54) is 6.07 Å². The largest absolute Gasteiger partial charge is 0.370 e. The lowest BCUT2D eigenvalue weighted by molar-refractivity contribution is -0.157. The SMILES string of the molecule is CN1CCN([C@@H]2COC3(C2)CN(C(=O)Cc2ccccc2F)C3)CC1. The van der Waals surface area contributed by atoms with E-state index in [1.807, 2.05) is 0 Å². The molecular weight excluding hydrogens is 321 g/mol. The van der Waals surface area contributed by atoms with E-state index in [0.717, 1.165) is 39.2 Å². The molecule has 0 aromatic heterocycles. The lowest BCUT2D eigenvalue weighted by Crippen LogP contribution is -2.64. The Labute approximate surface area is 148 Å². The van der Waals surface area contributed by atoms with E-state index in [-0.39, 0.29) is 23.7 Å². The van der Waals surface area contributed by atoms with Crippen molar-refractivity contribution in [1.82, 2.24) is 14.7 Å². The standard InChI is InChI=1S/C19H26FN3O2/c1-21-6-8-22(9-7-21)16-11-19(25-12-16)13-23(14-19)18(24)10-15-4-2-3-5-17(15)20/h2-5,16H,6-14H2,1H3/t16-/m0/s1. The minimum atomic E-state index is -0.307. The monoisotopic (exact) mass is 347 g/mol. The number of carbonyl (C=O) groups excluding carboxylic acids is 1. The summed E-state index contributed by atoms with van der Waals surface area (Å²) >= 11 is 0. The quantitative estimate of drug-likeness (QED) is 0.817. The molecule has 0 N–H and O–H groups in total. The number of likely N-dealkylation sites (tertiary alicyclic amines) is 1. The number of piperazine rings is 1. The van der Waals surface area contributed by atoms with E-state index in [9.17, 15) is 9.18 Å². The van der Waals surface area contributed by atoms with Gasteiger partial charge in [-0.25, -0.2) is 4.39 Å². The zero-order valence-electron chi connectivity index (χ0n) is 14.8. The molecule has 0 saturated carbocycles. The highest BCUT2D eigenvalue weighted by Crippen LogP contribution is 2.37. The number of likely N-dealkylation sites (N-methyl/N-ethyl adjacent to an activating group) is 1. The number of hydrogen-bond donors (Lipinski definition) is 0. The summed E-state index contributed by atoms with van der Waals surface area (Å²) in [5, 5.41) is 0. The van der Waals surface area contributed by atoms with Crippen LogP contribution in [0.5, 0.6) is 0 Å². The molecule has 1 aromatic carbocycles. The third-order valence-electron chi connectivity index (χ3n) is 5.85. The molecule has 3 heterocycles. The first-order valence-electron chi connectivity index (χ1n) is 9.12. The van der Waals surface area contributed by atoms with Crippen LogP contribution in [0.1, 0.15) is 12.0 Å². The zero-order chi connectivity index (χ0) is 17.4. The Balaban J connectivity index is 1.28. The lowest BCUT2D eigenvalue weighted by Gasteiger charge is -2.47. The van der Waals surface area contributed by atoms with Gasteiger partial charge >= 0.3 is 0 Å². The highest BCUT2D eigenvalue weighted by molar-refractivity contribution is 5.80. The van der Waals surface area contributed by atoms with Crippen LogP contribution < -0.4 is 0 Å². The summed E-state index contributed by atoms with van der Waals surface area (Å²) in [6.45, 7) is 6.45. The molecule has 3 fully saturated rings. The molecule has 4 rings (SSSR count). The Kier molecular flexibility index (Phi) is 4.52. The Hall–Kier alpha value is -1.50. The van der Waals surface area contributed by atoms with Crippen molar-refractivity contribution in [3.63, 3.8) is 0 Å². The molecule has 0 radical (unpaired) electrons. The molecule has 3 aliphatic heterocycles. The minimum Gasteiger partial charge on any atom is -0.370 e. The molecule has 3 saturated heterocycles. The second-order valence-electron chi connectivity index (χ2n) is 7.71. The van der Waals surface area contributed by atoms with Gasteiger partial charge in [0, 0.05) is 32.2 Å². The van der Waals surface area contributed by atoms with Crippen molar-refractivity contribution in [3.05, 3.63) is 35.6 Å². The van der Waals surface area contributed by atoms with Gasteiger partial charge in [-0.15, -0.1) is 0 Å². The van der Waals surface area contributed by atoms with E-state index in [1.54, 1.807) is 23.1 Å². The Morgan fingerprint density at radius 3 is 2.68 bits per heavy atom. The van der Waals surface area contributed by atoms with Gasteiger partial charge in [-0.3, -0.25) is 9.69 Å². The molecule has 5 nitrogen and oxygen atoms in total. The number of rotatable bonds is 3. The average molecular weight is 347 g/mol. The Morgan fingerprint density at radius 1 is 1.24 bits per heavy atom. The molecule has 136 valence electrons. The molecular formula is C19H26FN3O2. The molecule has 1 aromatic rings. The fourth-order valence-corrected chi connectivity index (χ4v) is 4.20. The van der Waals surface area contributed by atoms with Gasteiger partial charge in [0.15, 0.2) is 0 Å². The maximum absolute atomic E-state index is 13.7. The van der Waals surface area contributed by atoms with E-state index in [2.05, 4.69) is 16.8 Å². The third-order valence-corrected chi connectivity index (χ3v) is 5.85. The summed E-state index contributed by atoms with van der Waals surface area (Å²) in [5.74, 6) is -0.319. The number of nitrogens with zero attached hydrogens (tertiary/aromatic N) is 3. The molecule has 3 aliphatic rings. The number of ether oxygens (including phenoxy) is 1. The summed E-state index contributed by atoms with van der Waals surface area (Å²) in [6, 6.07) is 6.97. The summed E-state index contributed by atoms with van der Waals surface area (Å²) in [5.41, 5.74) is 0.301. The fraction of sp³-hybridized carbons (Fsp3) is 0.632. The second kappa shape index (κ2) is 6.67. The predicted molar refractivity (Wildman–Crippen MR) is 92.8 cm³/mol. The molecule has 1 amide bonds. The molecule has 1 atom stereocenters. The van der Waals surface area contributed by atoms with Gasteiger partial charge in [0.05, 0.1) is 26.1 Å². The van der Waals surface area contributed by atoms with Gasteiger partial charge in [0.1, 0.15) is 11.4 Å². The maximum Gasteiger partial charge on any atom is 0.227 e. The van der Waals surface area contributed by atoms with Crippen LogP contribution in [0.4, 0.5) is 4.39 Å². The van der Waals surface area contributed by atoms with Gasteiger partial charge in [-0.05, 0) is 25.1 Å². The van der Waals surface area contributed by atoms with Crippen molar-refractivity contribution in [1.29, 1.82) is 0 Å². The van der Waals surface area contributed by atoms with Gasteiger partial charge < -0.3 is 14.5 Å². The van der Waals surface area contributed by atoms with Gasteiger partial charge in [0.2, 0.25) is 5.91 Å². The maximum atomic E-state index is 13.7. The Bertz CT molecular complexity index is 639. The topological polar surface area (TPSA) is 36.0 Å². The van der Waals surface area contributed by atoms with E-state index < -0.39 is 0 Å². The van der Waals surface area contributed by atoms with Gasteiger partial charge in [-0.1, -0.05) is 18.2 Å². The van der Waals surface area contributed by atoms with Crippen LogP contribution in [0, 0.1) is 5.82 Å². The second-order valence-corrected chi connectivity index (χ2v) is 7.71. The number of carbonyl (C=O) groups is 1. The van der Waals surface area contributed by atoms with Gasteiger partial charge in [0.25, 0.3) is 0 Å². The number of halogens is 1. The summed E-state index contributed by atoms with van der Waals surface area (Å²) < 4.78 is 19.8. The smallest absolute Gasteiger partial charge is 0.227 e. The first kappa shape index (κ1) is 16.9. The Morgan fingerprint density at radius 2 is 1.96 bits per heavy atom. The molecule has 25 heavy (non-hydrogen) atoms. The van der Waals surface area contributed by atoms with Crippen molar-refractivity contribution >= 4 is 5.91 Å². The molecule has 0 bridgehead atoms. The summed E-state index contributed by atoms with van der Waals surface area (Å²) in [6.07, 6.45) is 1.13. The summed E-state index contributed by atoms with van der Waals surface area (Å²) in [4.78, 5) is 19.1. The normalized spacial score (nSPS) is 26.8. The minimum absolute atomic E-state index is 0.0117. The van der Waals surface area contributed by atoms with Crippen molar-refractivity contribution in [2.24, 2.45) is 0 Å². The highest BCUT2D eigenvalue weighted by Gasteiger charge is 2.52. The van der Waals surface area contributed by atoms with Crippen LogP contribution in [0.15, 0.2) is 24.3 Å². The fourth-order valence-electron chi connectivity index (χ4n) is 4.20. The first-order chi connectivity index (χ1) is 12.0. The number of hydrogen-bond acceptors (Lipinski definition) is 4. The van der Waals surface area contributed by atoms with Crippen LogP contribution in [-0.2, 0) is 16.0 Å². The molecule has 1 spiro atoms. The van der Waals surface area contributed by atoms with Crippen LogP contribution in [-0.4, -0.2) is 85.2 Å². The van der Waals surface area contributed by atoms with E-state index in [4.69, 9.17) is 4.74 Å². The number of benzene rings is 1. The third kappa shape index (κ3) is 3.43. The summed E-state index contributed by atoms with van der Waals surface area (Å²) in [7, 11) is 2.16. The average Bonchev–Trinajstić information content (AvgIpc) is 3.02. The van der Waals surface area contributed by atoms with Crippen molar-refractivity contribution < 1.29 is 13.9 Å². The highest BCUT2D eigenvalue weighted by atomic mass is 19.1. The zero-order valence-corrected chi connectivity index (χ0v) is 14.8. The van der Waals surface area contributed by atoms with Crippen molar-refractivity contribution in [2.45, 2.75) is 24.5 Å². The van der Waals surface area contributed by atoms with Crippen LogP contribution in [0.3, 0.4) is 0 Å². The van der Waals surface area contributed by atoms with Crippen LogP contribution in [0.25, 0.3) is 0 Å². The molecule has 0 unspecified atom stereocenters. The van der Waals surface area contributed by atoms with E-state index >= 15 is 0 Å². The van der Waals surface area contributed by atoms with E-state index in [0.29, 0.717) is 24.7 Å². The first-order valence-corrected chi connectivity index (χ1v) is 9.12. The molecule has 6 heteroatoms. The predicted octanol–water partition coefficient (Wildman–Crippen LogP) is 0.985. The lowest BCUT2D eigenvalue weighted by atomic mass is 9.88. The van der Waals surface area contributed by atoms with Gasteiger partial charge in [-0.2, -0.15) is 0 Å². The van der Waals surface area contributed by atoms with Crippen LogP contribution in [0.2, 0.25) is 0 Å².